The molecule has 0 heterocycles. The molecule has 0 fully saturated rings. The summed E-state index contributed by atoms with van der Waals surface area (Å²) in [6.07, 6.45) is 1.24. The summed E-state index contributed by atoms with van der Waals surface area (Å²) in [5, 5.41) is 2.76. The van der Waals surface area contributed by atoms with Crippen LogP contribution in [-0.2, 0) is 6.42 Å². The van der Waals surface area contributed by atoms with Crippen LogP contribution in [0.2, 0.25) is 22.7 Å². The van der Waals surface area contributed by atoms with Crippen molar-refractivity contribution in [2.24, 2.45) is 0 Å². The number of rotatable bonds is 6. The molecule has 0 aliphatic rings. The Morgan fingerprint density at radius 2 is 1.26 bits per heavy atom. The maximum absolute atomic E-state index is 2.47. The molecule has 2 rings (SSSR count). The first-order valence-corrected chi connectivity index (χ1v) is 11.7. The Morgan fingerprint density at radius 3 is 1.83 bits per heavy atom. The third kappa shape index (κ3) is 3.71. The fourth-order valence-electron chi connectivity index (χ4n) is 4.80. The lowest BCUT2D eigenvalue weighted by Gasteiger charge is -2.43. The molecule has 126 valence electrons. The molecule has 0 aliphatic heterocycles. The summed E-state index contributed by atoms with van der Waals surface area (Å²) in [5.74, 6) is 0. The van der Waals surface area contributed by atoms with E-state index in [1.54, 1.807) is 0 Å². The van der Waals surface area contributed by atoms with E-state index in [9.17, 15) is 0 Å². The van der Waals surface area contributed by atoms with Gasteiger partial charge in [0.05, 0.1) is 8.07 Å². The van der Waals surface area contributed by atoms with Crippen molar-refractivity contribution in [3.8, 4) is 0 Å². The summed E-state index contributed by atoms with van der Waals surface area (Å²) in [6, 6.07) is 15.3. The summed E-state index contributed by atoms with van der Waals surface area (Å²) in [6.45, 7) is 17.0. The second-order valence-electron chi connectivity index (χ2n) is 8.26. The number of benzene rings is 2. The Bertz CT molecular complexity index is 630. The van der Waals surface area contributed by atoms with Crippen LogP contribution < -0.4 is 0 Å². The van der Waals surface area contributed by atoms with Gasteiger partial charge in [0.15, 0.2) is 0 Å². The standard InChI is InChI=1S/C22H34Si/c1-16(2)23(17(3)4,18(5)6)13-12-20-9-11-21-14-19(7)8-10-22(21)15-20/h8-11,14-18H,12-13H2,1-7H3. The molecular formula is C22H34Si. The molecule has 0 spiro atoms. The van der Waals surface area contributed by atoms with Crippen molar-refractivity contribution >= 4 is 18.8 Å². The van der Waals surface area contributed by atoms with Gasteiger partial charge in [0.1, 0.15) is 0 Å². The summed E-state index contributed by atoms with van der Waals surface area (Å²) < 4.78 is 0. The van der Waals surface area contributed by atoms with E-state index >= 15 is 0 Å². The highest BCUT2D eigenvalue weighted by Gasteiger charge is 2.41. The molecule has 0 saturated heterocycles. The van der Waals surface area contributed by atoms with Gasteiger partial charge in [-0.05, 0) is 29.7 Å². The maximum atomic E-state index is 2.47. The van der Waals surface area contributed by atoms with Gasteiger partial charge in [-0.15, -0.1) is 0 Å². The predicted octanol–water partition coefficient (Wildman–Crippen LogP) is 7.37. The van der Waals surface area contributed by atoms with Crippen molar-refractivity contribution < 1.29 is 0 Å². The van der Waals surface area contributed by atoms with Crippen LogP contribution in [0.15, 0.2) is 36.4 Å². The Hall–Kier alpha value is -1.08. The topological polar surface area (TPSA) is 0 Å². The van der Waals surface area contributed by atoms with Crippen LogP contribution in [0.3, 0.4) is 0 Å². The molecule has 0 saturated carbocycles. The van der Waals surface area contributed by atoms with Crippen LogP contribution in [-0.4, -0.2) is 8.07 Å². The van der Waals surface area contributed by atoms with E-state index in [4.69, 9.17) is 0 Å². The van der Waals surface area contributed by atoms with Crippen LogP contribution in [0.4, 0.5) is 0 Å². The lowest BCUT2D eigenvalue weighted by atomic mass is 10.0. The van der Waals surface area contributed by atoms with Crippen LogP contribution in [0.1, 0.15) is 52.7 Å². The van der Waals surface area contributed by atoms with Crippen molar-refractivity contribution in [3.63, 3.8) is 0 Å². The highest BCUT2D eigenvalue weighted by Crippen LogP contribution is 2.45. The summed E-state index contributed by atoms with van der Waals surface area (Å²) >= 11 is 0. The Balaban J connectivity index is 2.25. The van der Waals surface area contributed by atoms with Gasteiger partial charge in [0, 0.05) is 0 Å². The average molecular weight is 327 g/mol. The van der Waals surface area contributed by atoms with Crippen molar-refractivity contribution in [1.29, 1.82) is 0 Å². The van der Waals surface area contributed by atoms with E-state index < -0.39 is 8.07 Å². The first-order chi connectivity index (χ1) is 10.8. The largest absolute Gasteiger partial charge is 0.0651 e. The van der Waals surface area contributed by atoms with Gasteiger partial charge in [0.2, 0.25) is 0 Å². The molecule has 0 bridgehead atoms. The zero-order chi connectivity index (χ0) is 17.2. The number of fused-ring (bicyclic) bond motifs is 1. The molecule has 0 unspecified atom stereocenters. The smallest absolute Gasteiger partial charge is 0.0616 e. The third-order valence-electron chi connectivity index (χ3n) is 6.13. The Kier molecular flexibility index (Phi) is 5.73. The van der Waals surface area contributed by atoms with Crippen LogP contribution in [0.25, 0.3) is 10.8 Å². The van der Waals surface area contributed by atoms with Gasteiger partial charge in [-0.1, -0.05) is 106 Å². The second kappa shape index (κ2) is 7.21. The van der Waals surface area contributed by atoms with Crippen LogP contribution in [0.5, 0.6) is 0 Å². The van der Waals surface area contributed by atoms with Gasteiger partial charge in [0.25, 0.3) is 0 Å². The van der Waals surface area contributed by atoms with Crippen molar-refractivity contribution in [2.75, 3.05) is 0 Å². The highest BCUT2D eigenvalue weighted by atomic mass is 28.3. The number of hydrogen-bond acceptors (Lipinski definition) is 0. The second-order valence-corrected chi connectivity index (χ2v) is 14.5. The fraction of sp³-hybridized carbons (Fsp3) is 0.545. The van der Waals surface area contributed by atoms with E-state index in [-0.39, 0.29) is 0 Å². The molecule has 0 aromatic heterocycles. The van der Waals surface area contributed by atoms with Gasteiger partial charge in [-0.3, -0.25) is 0 Å². The average Bonchev–Trinajstić information content (AvgIpc) is 2.46. The molecule has 0 radical (unpaired) electrons. The van der Waals surface area contributed by atoms with Crippen molar-refractivity contribution in [2.45, 2.75) is 77.6 Å². The number of aryl methyl sites for hydroxylation is 2. The lowest BCUT2D eigenvalue weighted by Crippen LogP contribution is -2.44. The highest BCUT2D eigenvalue weighted by molar-refractivity contribution is 6.83. The van der Waals surface area contributed by atoms with E-state index in [1.807, 2.05) is 0 Å². The minimum atomic E-state index is -1.29. The minimum absolute atomic E-state index is 0.852. The zero-order valence-corrected chi connectivity index (χ0v) is 17.1. The van der Waals surface area contributed by atoms with E-state index in [2.05, 4.69) is 84.9 Å². The Labute approximate surface area is 144 Å². The van der Waals surface area contributed by atoms with Gasteiger partial charge >= 0.3 is 0 Å². The van der Waals surface area contributed by atoms with Crippen LogP contribution in [0, 0.1) is 6.92 Å². The molecule has 0 aliphatic carbocycles. The Morgan fingerprint density at radius 1 is 0.739 bits per heavy atom. The van der Waals surface area contributed by atoms with Crippen molar-refractivity contribution in [1.82, 2.24) is 0 Å². The summed E-state index contributed by atoms with van der Waals surface area (Å²) in [4.78, 5) is 0. The molecule has 0 amide bonds. The SMILES string of the molecule is Cc1ccc2cc(CC[Si](C(C)C)(C(C)C)C(C)C)ccc2c1. The zero-order valence-electron chi connectivity index (χ0n) is 16.1. The fourth-order valence-corrected chi connectivity index (χ4v) is 11.3. The van der Waals surface area contributed by atoms with Gasteiger partial charge in [-0.2, -0.15) is 0 Å². The van der Waals surface area contributed by atoms with Gasteiger partial charge in [-0.25, -0.2) is 0 Å². The maximum Gasteiger partial charge on any atom is 0.0616 e. The molecule has 2 aromatic carbocycles. The molecule has 0 atom stereocenters. The van der Waals surface area contributed by atoms with E-state index in [0.717, 1.165) is 16.6 Å². The van der Waals surface area contributed by atoms with Gasteiger partial charge < -0.3 is 0 Å². The lowest BCUT2D eigenvalue weighted by molar-refractivity contribution is 0.789. The first kappa shape index (κ1) is 18.3. The predicted molar refractivity (Wildman–Crippen MR) is 108 cm³/mol. The summed E-state index contributed by atoms with van der Waals surface area (Å²) in [7, 11) is -1.29. The van der Waals surface area contributed by atoms with E-state index in [0.29, 0.717) is 0 Å². The molecule has 23 heavy (non-hydrogen) atoms. The minimum Gasteiger partial charge on any atom is -0.0651 e. The van der Waals surface area contributed by atoms with Crippen LogP contribution >= 0.6 is 0 Å². The first-order valence-electron chi connectivity index (χ1n) is 9.26. The monoisotopic (exact) mass is 326 g/mol. The molecule has 2 aromatic rings. The molecule has 0 nitrogen and oxygen atoms in total. The molecular weight excluding hydrogens is 292 g/mol. The molecule has 1 heteroatoms. The quantitative estimate of drug-likeness (QED) is 0.486. The summed E-state index contributed by atoms with van der Waals surface area (Å²) in [5.41, 5.74) is 5.41. The van der Waals surface area contributed by atoms with Crippen molar-refractivity contribution in [3.05, 3.63) is 47.5 Å². The molecule has 0 N–H and O–H groups in total. The number of hydrogen-bond donors (Lipinski definition) is 0. The third-order valence-corrected chi connectivity index (χ3v) is 13.7. The normalized spacial score (nSPS) is 12.8. The van der Waals surface area contributed by atoms with E-state index in [1.165, 1.54) is 34.4 Å².